The van der Waals surface area contributed by atoms with Gasteiger partial charge < -0.3 is 10.6 Å². The molecule has 0 bridgehead atoms. The van der Waals surface area contributed by atoms with Crippen molar-refractivity contribution in [2.75, 3.05) is 10.6 Å². The predicted molar refractivity (Wildman–Crippen MR) is 89.9 cm³/mol. The zero-order valence-corrected chi connectivity index (χ0v) is 11.8. The monoisotopic (exact) mass is 274 g/mol. The van der Waals surface area contributed by atoms with Crippen LogP contribution < -0.4 is 10.6 Å². The largest absolute Gasteiger partial charge is 0.381 e. The standard InChI is InChI=1S/C19H18N2/c1-3-10-17(11-4-1)20-15-16-9-7-8-14-19(16)21-18-12-5-2-6-13-18/h1-14,20-21H,15H2. The number of hydrogen-bond acceptors (Lipinski definition) is 2. The second-order valence-corrected chi connectivity index (χ2v) is 4.87. The minimum atomic E-state index is 0.792. The fourth-order valence-corrected chi connectivity index (χ4v) is 2.23. The highest BCUT2D eigenvalue weighted by Crippen LogP contribution is 2.21. The van der Waals surface area contributed by atoms with E-state index in [1.54, 1.807) is 0 Å². The topological polar surface area (TPSA) is 24.1 Å². The van der Waals surface area contributed by atoms with Crippen LogP contribution in [0, 0.1) is 0 Å². The molecule has 2 nitrogen and oxygen atoms in total. The molecular formula is C19H18N2. The summed E-state index contributed by atoms with van der Waals surface area (Å²) in [4.78, 5) is 0. The van der Waals surface area contributed by atoms with Crippen LogP contribution in [0.3, 0.4) is 0 Å². The van der Waals surface area contributed by atoms with E-state index in [0.29, 0.717) is 0 Å². The number of rotatable bonds is 5. The Morgan fingerprint density at radius 1 is 0.571 bits per heavy atom. The van der Waals surface area contributed by atoms with Gasteiger partial charge in [0.15, 0.2) is 0 Å². The molecule has 0 unspecified atom stereocenters. The quantitative estimate of drug-likeness (QED) is 0.681. The third-order valence-electron chi connectivity index (χ3n) is 3.33. The summed E-state index contributed by atoms with van der Waals surface area (Å²) in [6.07, 6.45) is 0. The lowest BCUT2D eigenvalue weighted by Crippen LogP contribution is -2.02. The Hall–Kier alpha value is -2.74. The van der Waals surface area contributed by atoms with Crippen molar-refractivity contribution in [1.82, 2.24) is 0 Å². The fraction of sp³-hybridized carbons (Fsp3) is 0.0526. The first kappa shape index (κ1) is 13.3. The first-order valence-corrected chi connectivity index (χ1v) is 7.11. The molecule has 0 amide bonds. The molecule has 0 aliphatic carbocycles. The lowest BCUT2D eigenvalue weighted by atomic mass is 10.1. The van der Waals surface area contributed by atoms with Crippen LogP contribution >= 0.6 is 0 Å². The molecule has 0 saturated heterocycles. The van der Waals surface area contributed by atoms with Gasteiger partial charge in [0.2, 0.25) is 0 Å². The van der Waals surface area contributed by atoms with E-state index in [1.807, 2.05) is 36.4 Å². The average Bonchev–Trinajstić information content (AvgIpc) is 2.56. The highest BCUT2D eigenvalue weighted by molar-refractivity contribution is 5.63. The number of anilines is 3. The fourth-order valence-electron chi connectivity index (χ4n) is 2.23. The number of benzene rings is 3. The summed E-state index contributed by atoms with van der Waals surface area (Å²) in [6, 6.07) is 28.9. The molecular weight excluding hydrogens is 256 g/mol. The SMILES string of the molecule is c1ccc(NCc2ccccc2Nc2ccccc2)cc1. The third kappa shape index (κ3) is 3.63. The summed E-state index contributed by atoms with van der Waals surface area (Å²) in [5.41, 5.74) is 4.61. The van der Waals surface area contributed by atoms with Gasteiger partial charge in [0.05, 0.1) is 0 Å². The second kappa shape index (κ2) is 6.62. The molecule has 0 aliphatic heterocycles. The minimum absolute atomic E-state index is 0.792. The first-order valence-electron chi connectivity index (χ1n) is 7.11. The normalized spacial score (nSPS) is 10.1. The molecule has 3 rings (SSSR count). The van der Waals surface area contributed by atoms with Crippen LogP contribution in [0.5, 0.6) is 0 Å². The van der Waals surface area contributed by atoms with E-state index in [1.165, 1.54) is 5.56 Å². The van der Waals surface area contributed by atoms with E-state index in [9.17, 15) is 0 Å². The third-order valence-corrected chi connectivity index (χ3v) is 3.33. The maximum atomic E-state index is 3.47. The van der Waals surface area contributed by atoms with Crippen molar-refractivity contribution in [1.29, 1.82) is 0 Å². The van der Waals surface area contributed by atoms with Crippen LogP contribution in [0.4, 0.5) is 17.1 Å². The van der Waals surface area contributed by atoms with Crippen LogP contribution in [0.25, 0.3) is 0 Å². The molecule has 0 saturated carbocycles. The molecule has 0 fully saturated rings. The van der Waals surface area contributed by atoms with Crippen molar-refractivity contribution in [3.05, 3.63) is 90.5 Å². The summed E-state index contributed by atoms with van der Waals surface area (Å²) >= 11 is 0. The van der Waals surface area contributed by atoms with E-state index in [0.717, 1.165) is 23.6 Å². The van der Waals surface area contributed by atoms with E-state index in [-0.39, 0.29) is 0 Å². The smallest absolute Gasteiger partial charge is 0.0434 e. The molecule has 0 heterocycles. The second-order valence-electron chi connectivity index (χ2n) is 4.87. The highest BCUT2D eigenvalue weighted by atomic mass is 14.9. The predicted octanol–water partition coefficient (Wildman–Crippen LogP) is 5.04. The molecule has 0 radical (unpaired) electrons. The summed E-state index contributed by atoms with van der Waals surface area (Å²) in [5, 5.41) is 6.92. The molecule has 0 spiro atoms. The molecule has 104 valence electrons. The lowest BCUT2D eigenvalue weighted by molar-refractivity contribution is 1.15. The van der Waals surface area contributed by atoms with Gasteiger partial charge in [-0.3, -0.25) is 0 Å². The van der Waals surface area contributed by atoms with Crippen molar-refractivity contribution < 1.29 is 0 Å². The lowest BCUT2D eigenvalue weighted by Gasteiger charge is -2.13. The Balaban J connectivity index is 1.73. The van der Waals surface area contributed by atoms with Crippen LogP contribution in [0.15, 0.2) is 84.9 Å². The average molecular weight is 274 g/mol. The maximum Gasteiger partial charge on any atom is 0.0434 e. The van der Waals surface area contributed by atoms with Crippen LogP contribution in [0.2, 0.25) is 0 Å². The van der Waals surface area contributed by atoms with E-state index < -0.39 is 0 Å². The van der Waals surface area contributed by atoms with Crippen molar-refractivity contribution in [3.8, 4) is 0 Å². The Bertz CT molecular complexity index is 678. The van der Waals surface area contributed by atoms with Gasteiger partial charge >= 0.3 is 0 Å². The number of hydrogen-bond donors (Lipinski definition) is 2. The molecule has 0 atom stereocenters. The maximum absolute atomic E-state index is 3.47. The van der Waals surface area contributed by atoms with Crippen molar-refractivity contribution in [3.63, 3.8) is 0 Å². The summed E-state index contributed by atoms with van der Waals surface area (Å²) < 4.78 is 0. The Labute approximate surface area is 125 Å². The van der Waals surface area contributed by atoms with E-state index in [2.05, 4.69) is 59.2 Å². The van der Waals surface area contributed by atoms with Gasteiger partial charge in [-0.1, -0.05) is 54.6 Å². The van der Waals surface area contributed by atoms with Crippen LogP contribution in [0.1, 0.15) is 5.56 Å². The molecule has 3 aromatic rings. The van der Waals surface area contributed by atoms with Gasteiger partial charge in [0.1, 0.15) is 0 Å². The minimum Gasteiger partial charge on any atom is -0.381 e. The summed E-state index contributed by atoms with van der Waals surface area (Å²) in [6.45, 7) is 0.792. The molecule has 21 heavy (non-hydrogen) atoms. The van der Waals surface area contributed by atoms with Crippen molar-refractivity contribution in [2.24, 2.45) is 0 Å². The molecule has 0 aromatic heterocycles. The van der Waals surface area contributed by atoms with Crippen molar-refractivity contribution >= 4 is 17.1 Å². The molecule has 2 heteroatoms. The van der Waals surface area contributed by atoms with Gasteiger partial charge in [0.25, 0.3) is 0 Å². The molecule has 2 N–H and O–H groups in total. The van der Waals surface area contributed by atoms with Gasteiger partial charge in [0, 0.05) is 23.6 Å². The molecule has 3 aromatic carbocycles. The van der Waals surface area contributed by atoms with Gasteiger partial charge in [-0.25, -0.2) is 0 Å². The molecule has 0 aliphatic rings. The van der Waals surface area contributed by atoms with Gasteiger partial charge in [-0.2, -0.15) is 0 Å². The van der Waals surface area contributed by atoms with Crippen molar-refractivity contribution in [2.45, 2.75) is 6.54 Å². The van der Waals surface area contributed by atoms with Gasteiger partial charge in [-0.05, 0) is 35.9 Å². The summed E-state index contributed by atoms with van der Waals surface area (Å²) in [5.74, 6) is 0. The Morgan fingerprint density at radius 2 is 1.14 bits per heavy atom. The zero-order chi connectivity index (χ0) is 14.3. The zero-order valence-electron chi connectivity index (χ0n) is 11.8. The van der Waals surface area contributed by atoms with E-state index in [4.69, 9.17) is 0 Å². The summed E-state index contributed by atoms with van der Waals surface area (Å²) in [7, 11) is 0. The van der Waals surface area contributed by atoms with Crippen LogP contribution in [-0.4, -0.2) is 0 Å². The Morgan fingerprint density at radius 3 is 1.86 bits per heavy atom. The first-order chi connectivity index (χ1) is 10.4. The van der Waals surface area contributed by atoms with E-state index >= 15 is 0 Å². The van der Waals surface area contributed by atoms with Gasteiger partial charge in [-0.15, -0.1) is 0 Å². The number of para-hydroxylation sites is 3. The number of nitrogens with one attached hydrogen (secondary N) is 2. The Kier molecular flexibility index (Phi) is 4.18. The highest BCUT2D eigenvalue weighted by Gasteiger charge is 2.02. The van der Waals surface area contributed by atoms with Crippen LogP contribution in [-0.2, 0) is 6.54 Å².